The summed E-state index contributed by atoms with van der Waals surface area (Å²) >= 11 is 0. The molecule has 0 radical (unpaired) electrons. The summed E-state index contributed by atoms with van der Waals surface area (Å²) in [4.78, 5) is 25.3. The van der Waals surface area contributed by atoms with E-state index in [1.165, 1.54) is 24.3 Å². The number of fused-ring (bicyclic) bond motifs is 2. The van der Waals surface area contributed by atoms with Crippen molar-refractivity contribution in [3.05, 3.63) is 58.7 Å². The number of rotatable bonds is 2. The summed E-state index contributed by atoms with van der Waals surface area (Å²) in [7, 11) is 0. The van der Waals surface area contributed by atoms with Crippen molar-refractivity contribution >= 4 is 23.0 Å². The van der Waals surface area contributed by atoms with Crippen LogP contribution >= 0.6 is 0 Å². The summed E-state index contributed by atoms with van der Waals surface area (Å²) in [6.07, 6.45) is 0. The zero-order chi connectivity index (χ0) is 17.3. The molecule has 0 amide bonds. The standard InChI is InChI=1S/C17H8N4O3/c18-7-9(8-19)20-21-12-5-6-13(22)15-14(12)16(23)10-3-1-2-4-11(10)17(15)24/h1-6,21-22H. The maximum Gasteiger partial charge on any atom is 0.237 e. The van der Waals surface area contributed by atoms with Crippen molar-refractivity contribution in [3.8, 4) is 17.9 Å². The highest BCUT2D eigenvalue weighted by molar-refractivity contribution is 6.31. The Morgan fingerprint density at radius 3 is 2.12 bits per heavy atom. The van der Waals surface area contributed by atoms with Gasteiger partial charge in [-0.05, 0) is 12.1 Å². The minimum absolute atomic E-state index is 0.0438. The summed E-state index contributed by atoms with van der Waals surface area (Å²) in [5, 5.41) is 31.0. The summed E-state index contributed by atoms with van der Waals surface area (Å²) in [6.45, 7) is 0. The van der Waals surface area contributed by atoms with Crippen molar-refractivity contribution < 1.29 is 14.7 Å². The highest BCUT2D eigenvalue weighted by Gasteiger charge is 2.33. The molecule has 0 spiro atoms. The Hall–Kier alpha value is -3.97. The molecule has 1 aliphatic rings. The minimum atomic E-state index is -0.480. The Morgan fingerprint density at radius 1 is 0.958 bits per heavy atom. The van der Waals surface area contributed by atoms with E-state index in [0.717, 1.165) is 0 Å². The number of benzene rings is 2. The van der Waals surface area contributed by atoms with Crippen molar-refractivity contribution in [3.63, 3.8) is 0 Å². The number of carbonyl (C=O) groups excluding carboxylic acids is 2. The molecule has 2 aromatic rings. The molecular weight excluding hydrogens is 308 g/mol. The van der Waals surface area contributed by atoms with Crippen molar-refractivity contribution in [1.82, 2.24) is 0 Å². The van der Waals surface area contributed by atoms with E-state index in [2.05, 4.69) is 10.5 Å². The molecule has 2 N–H and O–H groups in total. The van der Waals surface area contributed by atoms with E-state index in [1.54, 1.807) is 24.3 Å². The van der Waals surface area contributed by atoms with Gasteiger partial charge in [0, 0.05) is 11.1 Å². The lowest BCUT2D eigenvalue weighted by molar-refractivity contribution is 0.0977. The zero-order valence-electron chi connectivity index (χ0n) is 12.1. The fourth-order valence-electron chi connectivity index (χ4n) is 2.49. The number of aromatic hydroxyl groups is 1. The summed E-state index contributed by atoms with van der Waals surface area (Å²) in [5.74, 6) is -1.26. The van der Waals surface area contributed by atoms with Gasteiger partial charge >= 0.3 is 0 Å². The van der Waals surface area contributed by atoms with Gasteiger partial charge in [-0.1, -0.05) is 24.3 Å². The summed E-state index contributed by atoms with van der Waals surface area (Å²) in [6, 6.07) is 12.0. The third-order valence-corrected chi connectivity index (χ3v) is 3.55. The van der Waals surface area contributed by atoms with E-state index in [-0.39, 0.29) is 33.7 Å². The molecule has 1 aliphatic carbocycles. The van der Waals surface area contributed by atoms with Crippen LogP contribution in [0.5, 0.6) is 5.75 Å². The third-order valence-electron chi connectivity index (χ3n) is 3.55. The van der Waals surface area contributed by atoms with Gasteiger partial charge in [0.1, 0.15) is 17.9 Å². The first-order valence-corrected chi connectivity index (χ1v) is 6.76. The van der Waals surface area contributed by atoms with Crippen LogP contribution in [0.15, 0.2) is 41.5 Å². The maximum atomic E-state index is 12.7. The number of hydrogen-bond acceptors (Lipinski definition) is 7. The van der Waals surface area contributed by atoms with Crippen molar-refractivity contribution in [2.75, 3.05) is 5.43 Å². The second-order valence-corrected chi connectivity index (χ2v) is 4.88. The third kappa shape index (κ3) is 2.18. The number of carbonyl (C=O) groups is 2. The second kappa shape index (κ2) is 5.67. The Balaban J connectivity index is 2.20. The topological polar surface area (TPSA) is 126 Å². The van der Waals surface area contributed by atoms with E-state index in [9.17, 15) is 14.7 Å². The van der Waals surface area contributed by atoms with Crippen molar-refractivity contribution in [2.24, 2.45) is 5.10 Å². The Labute approximate surface area is 136 Å². The van der Waals surface area contributed by atoms with Crippen LogP contribution in [-0.2, 0) is 0 Å². The van der Waals surface area contributed by atoms with Gasteiger partial charge in [0.25, 0.3) is 0 Å². The lowest BCUT2D eigenvalue weighted by atomic mass is 9.83. The lowest BCUT2D eigenvalue weighted by Crippen LogP contribution is -2.22. The van der Waals surface area contributed by atoms with Crippen LogP contribution in [0.2, 0.25) is 0 Å². The number of hydrazone groups is 1. The summed E-state index contributed by atoms with van der Waals surface area (Å²) in [5.41, 5.74) is 2.38. The van der Waals surface area contributed by atoms with Crippen LogP contribution in [0, 0.1) is 22.7 Å². The number of hydrogen-bond donors (Lipinski definition) is 2. The first-order valence-electron chi connectivity index (χ1n) is 6.76. The Morgan fingerprint density at radius 2 is 1.54 bits per heavy atom. The largest absolute Gasteiger partial charge is 0.507 e. The molecule has 0 fully saturated rings. The van der Waals surface area contributed by atoms with Gasteiger partial charge in [-0.15, -0.1) is 0 Å². The smallest absolute Gasteiger partial charge is 0.237 e. The number of nitrogens with zero attached hydrogens (tertiary/aromatic N) is 3. The van der Waals surface area contributed by atoms with Crippen LogP contribution in [-0.4, -0.2) is 22.4 Å². The summed E-state index contributed by atoms with van der Waals surface area (Å²) < 4.78 is 0. The highest BCUT2D eigenvalue weighted by Crippen LogP contribution is 2.36. The van der Waals surface area contributed by atoms with E-state index in [0.29, 0.717) is 0 Å². The molecule has 0 saturated heterocycles. The van der Waals surface area contributed by atoms with Crippen LogP contribution in [0.4, 0.5) is 5.69 Å². The predicted molar refractivity (Wildman–Crippen MR) is 83.7 cm³/mol. The number of phenols is 1. The molecule has 2 aromatic carbocycles. The average molecular weight is 316 g/mol. The van der Waals surface area contributed by atoms with E-state index >= 15 is 0 Å². The number of phenolic OH excluding ortho intramolecular Hbond substituents is 1. The maximum absolute atomic E-state index is 12.7. The SMILES string of the molecule is N#CC(C#N)=NNc1ccc(O)c2c1C(=O)c1ccccc1C2=O. The van der Waals surface area contributed by atoms with Gasteiger partial charge in [-0.25, -0.2) is 0 Å². The Kier molecular flexibility index (Phi) is 3.53. The molecule has 3 rings (SSSR count). The van der Waals surface area contributed by atoms with Crippen LogP contribution in [0.25, 0.3) is 0 Å². The quantitative estimate of drug-likeness (QED) is 0.423. The molecule has 0 saturated carbocycles. The molecule has 0 heterocycles. The van der Waals surface area contributed by atoms with E-state index in [1.807, 2.05) is 0 Å². The van der Waals surface area contributed by atoms with Crippen LogP contribution < -0.4 is 5.43 Å². The van der Waals surface area contributed by atoms with Gasteiger partial charge in [0.2, 0.25) is 5.71 Å². The molecule has 0 aliphatic heterocycles. The molecule has 7 nitrogen and oxygen atoms in total. The number of ketones is 2. The molecule has 0 aromatic heterocycles. The fraction of sp³-hybridized carbons (Fsp3) is 0. The predicted octanol–water partition coefficient (Wildman–Crippen LogP) is 1.98. The van der Waals surface area contributed by atoms with Gasteiger partial charge < -0.3 is 5.11 Å². The molecule has 0 unspecified atom stereocenters. The molecule has 0 atom stereocenters. The normalized spacial score (nSPS) is 11.6. The van der Waals surface area contributed by atoms with Gasteiger partial charge in [-0.2, -0.15) is 15.6 Å². The molecule has 114 valence electrons. The van der Waals surface area contributed by atoms with E-state index in [4.69, 9.17) is 10.5 Å². The van der Waals surface area contributed by atoms with Crippen LogP contribution in [0.1, 0.15) is 31.8 Å². The molecule has 0 bridgehead atoms. The molecule has 7 heteroatoms. The number of anilines is 1. The van der Waals surface area contributed by atoms with Gasteiger partial charge in [0.15, 0.2) is 11.6 Å². The highest BCUT2D eigenvalue weighted by atomic mass is 16.3. The average Bonchev–Trinajstić information content (AvgIpc) is 2.61. The monoisotopic (exact) mass is 316 g/mol. The van der Waals surface area contributed by atoms with Crippen LogP contribution in [0.3, 0.4) is 0 Å². The minimum Gasteiger partial charge on any atom is -0.507 e. The first-order chi connectivity index (χ1) is 11.6. The zero-order valence-corrected chi connectivity index (χ0v) is 12.1. The lowest BCUT2D eigenvalue weighted by Gasteiger charge is -2.20. The van der Waals surface area contributed by atoms with Gasteiger partial charge in [-0.3, -0.25) is 15.0 Å². The van der Waals surface area contributed by atoms with Crippen molar-refractivity contribution in [2.45, 2.75) is 0 Å². The number of nitrogens with one attached hydrogen (secondary N) is 1. The Bertz CT molecular complexity index is 993. The van der Waals surface area contributed by atoms with E-state index < -0.39 is 17.3 Å². The second-order valence-electron chi connectivity index (χ2n) is 4.88. The van der Waals surface area contributed by atoms with Crippen molar-refractivity contribution in [1.29, 1.82) is 10.5 Å². The first kappa shape index (κ1) is 14.9. The molecule has 24 heavy (non-hydrogen) atoms. The number of nitriles is 2. The fourth-order valence-corrected chi connectivity index (χ4v) is 2.49. The molecular formula is C17H8N4O3. The van der Waals surface area contributed by atoms with Gasteiger partial charge in [0.05, 0.1) is 16.8 Å².